The number of carbonyl (C=O) groups is 3. The van der Waals surface area contributed by atoms with Gasteiger partial charge in [0.25, 0.3) is 0 Å². The minimum absolute atomic E-state index is 0.144. The zero-order valence-corrected chi connectivity index (χ0v) is 24.6. The maximum atomic E-state index is 13.0. The average Bonchev–Trinajstić information content (AvgIpc) is 2.88. The molecule has 0 aromatic rings. The summed E-state index contributed by atoms with van der Waals surface area (Å²) in [7, 11) is 0. The van der Waals surface area contributed by atoms with Crippen LogP contribution in [0.1, 0.15) is 131 Å². The highest BCUT2D eigenvalue weighted by Crippen LogP contribution is 2.23. The van der Waals surface area contributed by atoms with Gasteiger partial charge in [-0.05, 0) is 37.0 Å². The molecule has 0 radical (unpaired) electrons. The predicted octanol–water partition coefficient (Wildman–Crippen LogP) is 6.78. The number of aliphatic hydroxyl groups is 1. The first-order chi connectivity index (χ1) is 17.7. The van der Waals surface area contributed by atoms with Crippen molar-refractivity contribution in [2.75, 3.05) is 19.8 Å². The van der Waals surface area contributed by atoms with E-state index in [4.69, 9.17) is 14.2 Å². The Bertz CT molecular complexity index is 585. The molecule has 0 rings (SSSR count). The molecule has 0 aliphatic rings. The van der Waals surface area contributed by atoms with Crippen LogP contribution < -0.4 is 0 Å². The molecule has 0 spiro atoms. The fourth-order valence-corrected chi connectivity index (χ4v) is 4.23. The van der Waals surface area contributed by atoms with Gasteiger partial charge in [0.2, 0.25) is 0 Å². The van der Waals surface area contributed by atoms with E-state index in [1.54, 1.807) is 0 Å². The van der Waals surface area contributed by atoms with Gasteiger partial charge in [0.1, 0.15) is 0 Å². The van der Waals surface area contributed by atoms with Crippen LogP contribution in [0.25, 0.3) is 0 Å². The predicted molar refractivity (Wildman–Crippen MR) is 147 cm³/mol. The fourth-order valence-electron chi connectivity index (χ4n) is 4.23. The summed E-state index contributed by atoms with van der Waals surface area (Å²) in [6.45, 7) is 13.1. The van der Waals surface area contributed by atoms with Gasteiger partial charge in [0, 0.05) is 0 Å². The number of carbonyl (C=O) groups excluding carboxylic acids is 3. The van der Waals surface area contributed by atoms with E-state index in [1.807, 2.05) is 20.8 Å². The molecule has 4 atom stereocenters. The Morgan fingerprint density at radius 2 is 0.919 bits per heavy atom. The van der Waals surface area contributed by atoms with E-state index in [9.17, 15) is 19.5 Å². The monoisotopic (exact) mass is 528 g/mol. The highest BCUT2D eigenvalue weighted by Gasteiger charge is 2.43. The molecule has 0 aliphatic heterocycles. The van der Waals surface area contributed by atoms with E-state index < -0.39 is 36.4 Å². The molecular weight excluding hydrogens is 472 g/mol. The van der Waals surface area contributed by atoms with Crippen molar-refractivity contribution in [3.63, 3.8) is 0 Å². The molecule has 7 heteroatoms. The molecule has 0 aliphatic carbocycles. The lowest BCUT2D eigenvalue weighted by atomic mass is 9.95. The normalized spacial score (nSPS) is 15.3. The summed E-state index contributed by atoms with van der Waals surface area (Å²) in [5, 5.41) is 11.2. The van der Waals surface area contributed by atoms with Crippen LogP contribution in [0.2, 0.25) is 0 Å². The lowest BCUT2D eigenvalue weighted by Crippen LogP contribution is -2.45. The van der Waals surface area contributed by atoms with Gasteiger partial charge < -0.3 is 19.3 Å². The van der Waals surface area contributed by atoms with Crippen molar-refractivity contribution in [1.29, 1.82) is 0 Å². The Balaban J connectivity index is 5.29. The standard InChI is InChI=1S/C30H56O7/c1-7-13-16-24(10-4)21-35-27(31)19-30(34,29(33)37-23-26(12-6)18-15-9-3)20-28(32)36-22-25(11-5)17-14-8-2/h24-26,34H,7-23H2,1-6H3/t24-,25+,26-,30?/m0/s1. The van der Waals surface area contributed by atoms with Crippen LogP contribution in [0.15, 0.2) is 0 Å². The van der Waals surface area contributed by atoms with Crippen LogP contribution in [0, 0.1) is 17.8 Å². The minimum Gasteiger partial charge on any atom is -0.465 e. The van der Waals surface area contributed by atoms with Crippen molar-refractivity contribution in [1.82, 2.24) is 0 Å². The summed E-state index contributed by atoms with van der Waals surface area (Å²) in [4.78, 5) is 38.3. The third-order valence-electron chi connectivity index (χ3n) is 7.29. The van der Waals surface area contributed by atoms with E-state index >= 15 is 0 Å². The van der Waals surface area contributed by atoms with Crippen molar-refractivity contribution in [2.45, 2.75) is 137 Å². The Morgan fingerprint density at radius 3 is 1.22 bits per heavy atom. The van der Waals surface area contributed by atoms with E-state index in [1.165, 1.54) is 0 Å². The maximum Gasteiger partial charge on any atom is 0.339 e. The minimum atomic E-state index is -2.31. The largest absolute Gasteiger partial charge is 0.465 e. The zero-order chi connectivity index (χ0) is 28.1. The summed E-state index contributed by atoms with van der Waals surface area (Å²) < 4.78 is 16.3. The Kier molecular flexibility index (Phi) is 20.4. The number of esters is 3. The summed E-state index contributed by atoms with van der Waals surface area (Å²) in [5.41, 5.74) is -2.31. The molecule has 0 amide bonds. The second-order valence-electron chi connectivity index (χ2n) is 10.6. The van der Waals surface area contributed by atoms with Gasteiger partial charge in [-0.3, -0.25) is 9.59 Å². The van der Waals surface area contributed by atoms with Gasteiger partial charge in [-0.25, -0.2) is 4.79 Å². The molecule has 0 heterocycles. The third-order valence-corrected chi connectivity index (χ3v) is 7.29. The van der Waals surface area contributed by atoms with Crippen LogP contribution in [-0.2, 0) is 28.6 Å². The number of ether oxygens (including phenoxy) is 3. The Labute approximate surface area is 226 Å². The lowest BCUT2D eigenvalue weighted by Gasteiger charge is -2.26. The fraction of sp³-hybridized carbons (Fsp3) is 0.900. The molecule has 0 aromatic heterocycles. The Hall–Kier alpha value is -1.63. The van der Waals surface area contributed by atoms with Crippen LogP contribution in [0.5, 0.6) is 0 Å². The quantitative estimate of drug-likeness (QED) is 0.115. The first-order valence-corrected chi connectivity index (χ1v) is 14.9. The summed E-state index contributed by atoms with van der Waals surface area (Å²) in [5.74, 6) is -1.77. The molecule has 37 heavy (non-hydrogen) atoms. The van der Waals surface area contributed by atoms with Gasteiger partial charge >= 0.3 is 17.9 Å². The van der Waals surface area contributed by atoms with E-state index in [-0.39, 0.29) is 37.6 Å². The summed E-state index contributed by atoms with van der Waals surface area (Å²) in [6, 6.07) is 0. The number of hydrogen-bond acceptors (Lipinski definition) is 7. The molecule has 0 bridgehead atoms. The second kappa shape index (κ2) is 21.3. The van der Waals surface area contributed by atoms with E-state index in [2.05, 4.69) is 20.8 Å². The third kappa shape index (κ3) is 16.0. The van der Waals surface area contributed by atoms with Crippen molar-refractivity contribution < 1.29 is 33.7 Å². The molecular formula is C30H56O7. The summed E-state index contributed by atoms with van der Waals surface area (Å²) in [6.07, 6.45) is 10.4. The molecule has 0 fully saturated rings. The number of unbranched alkanes of at least 4 members (excludes halogenated alkanes) is 3. The van der Waals surface area contributed by atoms with Gasteiger partial charge in [-0.15, -0.1) is 0 Å². The molecule has 0 saturated carbocycles. The van der Waals surface area contributed by atoms with Gasteiger partial charge in [-0.2, -0.15) is 0 Å². The second-order valence-corrected chi connectivity index (χ2v) is 10.6. The average molecular weight is 529 g/mol. The van der Waals surface area contributed by atoms with Crippen LogP contribution in [0.4, 0.5) is 0 Å². The van der Waals surface area contributed by atoms with Crippen molar-refractivity contribution in [2.24, 2.45) is 17.8 Å². The molecule has 7 nitrogen and oxygen atoms in total. The highest BCUT2D eigenvalue weighted by molar-refractivity contribution is 5.90. The van der Waals surface area contributed by atoms with E-state index in [0.29, 0.717) is 0 Å². The molecule has 0 saturated heterocycles. The van der Waals surface area contributed by atoms with Crippen molar-refractivity contribution >= 4 is 17.9 Å². The van der Waals surface area contributed by atoms with Crippen LogP contribution in [0.3, 0.4) is 0 Å². The van der Waals surface area contributed by atoms with E-state index in [0.717, 1.165) is 77.0 Å². The van der Waals surface area contributed by atoms with Gasteiger partial charge in [0.05, 0.1) is 32.7 Å². The number of hydrogen-bond donors (Lipinski definition) is 1. The number of rotatable bonds is 23. The topological polar surface area (TPSA) is 99.1 Å². The zero-order valence-electron chi connectivity index (χ0n) is 24.6. The molecule has 1 N–H and O–H groups in total. The Morgan fingerprint density at radius 1 is 0.595 bits per heavy atom. The first-order valence-electron chi connectivity index (χ1n) is 14.9. The smallest absolute Gasteiger partial charge is 0.339 e. The van der Waals surface area contributed by atoms with Crippen molar-refractivity contribution in [3.8, 4) is 0 Å². The van der Waals surface area contributed by atoms with Crippen LogP contribution in [-0.4, -0.2) is 48.4 Å². The van der Waals surface area contributed by atoms with Gasteiger partial charge in [0.15, 0.2) is 5.60 Å². The maximum absolute atomic E-state index is 13.0. The SMILES string of the molecule is CCCC[C@@H](CC)COC(=O)CC(O)(CC(=O)OC[C@@H](CC)CCCC)C(=O)OC[C@@H](CC)CCCC. The highest BCUT2D eigenvalue weighted by atomic mass is 16.6. The van der Waals surface area contributed by atoms with Crippen molar-refractivity contribution in [3.05, 3.63) is 0 Å². The lowest BCUT2D eigenvalue weighted by molar-refractivity contribution is -0.179. The van der Waals surface area contributed by atoms with Crippen LogP contribution >= 0.6 is 0 Å². The molecule has 0 aromatic carbocycles. The molecule has 1 unspecified atom stereocenters. The summed E-state index contributed by atoms with van der Waals surface area (Å²) >= 11 is 0. The van der Waals surface area contributed by atoms with Gasteiger partial charge in [-0.1, -0.05) is 99.3 Å². The first kappa shape index (κ1) is 35.4. The molecule has 218 valence electrons.